The third kappa shape index (κ3) is 4.85. The molecule has 1 unspecified atom stereocenters. The van der Waals surface area contributed by atoms with Crippen molar-refractivity contribution in [2.24, 2.45) is 5.92 Å². The molecule has 1 aliphatic rings. The number of alkyl halides is 1. The van der Waals surface area contributed by atoms with E-state index < -0.39 is 10.0 Å². The van der Waals surface area contributed by atoms with Gasteiger partial charge < -0.3 is 9.72 Å². The molecular weight excluding hydrogens is 488 g/mol. The van der Waals surface area contributed by atoms with Crippen LogP contribution in [0, 0.1) is 5.92 Å². The van der Waals surface area contributed by atoms with Gasteiger partial charge in [-0.15, -0.1) is 0 Å². The van der Waals surface area contributed by atoms with Crippen molar-refractivity contribution in [1.29, 1.82) is 0 Å². The van der Waals surface area contributed by atoms with Gasteiger partial charge in [-0.2, -0.15) is 0 Å². The molecule has 0 spiro atoms. The SMILES string of the molecule is O=S(=O)(NCC1CCc2[nH]c3ccc(Cl)cc3c2C1)c1ccc(OCCCBr)cc1. The molecule has 0 fully saturated rings. The molecule has 0 saturated heterocycles. The van der Waals surface area contributed by atoms with Gasteiger partial charge in [-0.1, -0.05) is 27.5 Å². The summed E-state index contributed by atoms with van der Waals surface area (Å²) >= 11 is 9.53. The van der Waals surface area contributed by atoms with Gasteiger partial charge in [0.1, 0.15) is 5.75 Å². The van der Waals surface area contributed by atoms with E-state index in [0.29, 0.717) is 23.9 Å². The van der Waals surface area contributed by atoms with Crippen molar-refractivity contribution >= 4 is 48.5 Å². The Balaban J connectivity index is 1.40. The molecule has 5 nitrogen and oxygen atoms in total. The summed E-state index contributed by atoms with van der Waals surface area (Å²) in [6.07, 6.45) is 3.58. The fourth-order valence-corrected chi connectivity index (χ4v) is 5.42. The lowest BCUT2D eigenvalue weighted by atomic mass is 9.86. The minimum Gasteiger partial charge on any atom is -0.494 e. The predicted molar refractivity (Wildman–Crippen MR) is 124 cm³/mol. The van der Waals surface area contributed by atoms with Gasteiger partial charge in [0.25, 0.3) is 0 Å². The molecule has 0 saturated carbocycles. The second kappa shape index (κ2) is 9.30. The van der Waals surface area contributed by atoms with Gasteiger partial charge in [0.2, 0.25) is 10.0 Å². The van der Waals surface area contributed by atoms with Crippen molar-refractivity contribution in [2.75, 3.05) is 18.5 Å². The number of H-pyrrole nitrogens is 1. The van der Waals surface area contributed by atoms with Gasteiger partial charge in [0.15, 0.2) is 0 Å². The van der Waals surface area contributed by atoms with E-state index >= 15 is 0 Å². The number of benzene rings is 2. The van der Waals surface area contributed by atoms with Crippen LogP contribution in [0.2, 0.25) is 5.02 Å². The first-order chi connectivity index (χ1) is 14.5. The largest absolute Gasteiger partial charge is 0.494 e. The van der Waals surface area contributed by atoms with E-state index in [4.69, 9.17) is 16.3 Å². The molecule has 4 rings (SSSR count). The lowest BCUT2D eigenvalue weighted by Gasteiger charge is -2.23. The molecule has 2 N–H and O–H groups in total. The van der Waals surface area contributed by atoms with Crippen LogP contribution in [0.5, 0.6) is 5.75 Å². The molecular formula is C22H24BrClN2O3S. The number of nitrogens with one attached hydrogen (secondary N) is 2. The number of aryl methyl sites for hydroxylation is 1. The van der Waals surface area contributed by atoms with Crippen LogP contribution in [-0.4, -0.2) is 31.9 Å². The molecule has 8 heteroatoms. The van der Waals surface area contributed by atoms with E-state index in [9.17, 15) is 8.42 Å². The highest BCUT2D eigenvalue weighted by atomic mass is 79.9. The summed E-state index contributed by atoms with van der Waals surface area (Å²) in [7, 11) is -3.56. The number of rotatable bonds is 8. The molecule has 160 valence electrons. The summed E-state index contributed by atoms with van der Waals surface area (Å²) in [6, 6.07) is 12.5. The molecule has 1 aliphatic carbocycles. The molecule has 0 amide bonds. The summed E-state index contributed by atoms with van der Waals surface area (Å²) in [6.45, 7) is 1.01. The third-order valence-electron chi connectivity index (χ3n) is 5.49. The Bertz CT molecular complexity index is 1130. The fourth-order valence-electron chi connectivity index (χ4n) is 3.91. The molecule has 3 aromatic rings. The fraction of sp³-hybridized carbons (Fsp3) is 0.364. The van der Waals surface area contributed by atoms with Crippen molar-refractivity contribution in [1.82, 2.24) is 9.71 Å². The number of halogens is 2. The van der Waals surface area contributed by atoms with E-state index in [1.807, 2.05) is 18.2 Å². The van der Waals surface area contributed by atoms with E-state index in [-0.39, 0.29) is 10.8 Å². The van der Waals surface area contributed by atoms with Gasteiger partial charge in [-0.05, 0) is 79.6 Å². The zero-order valence-electron chi connectivity index (χ0n) is 16.5. The highest BCUT2D eigenvalue weighted by Crippen LogP contribution is 2.33. The monoisotopic (exact) mass is 510 g/mol. The van der Waals surface area contributed by atoms with Crippen LogP contribution in [0.4, 0.5) is 0 Å². The molecule has 0 aliphatic heterocycles. The Kier molecular flexibility index (Phi) is 6.72. The van der Waals surface area contributed by atoms with E-state index in [0.717, 1.165) is 41.9 Å². The van der Waals surface area contributed by atoms with Crippen molar-refractivity contribution in [3.8, 4) is 5.75 Å². The Morgan fingerprint density at radius 1 is 1.20 bits per heavy atom. The van der Waals surface area contributed by atoms with Crippen LogP contribution in [0.15, 0.2) is 47.4 Å². The Morgan fingerprint density at radius 2 is 2.00 bits per heavy atom. The second-order valence-electron chi connectivity index (χ2n) is 7.60. The number of ether oxygens (including phenoxy) is 1. The van der Waals surface area contributed by atoms with Crippen LogP contribution < -0.4 is 9.46 Å². The number of hydrogen-bond donors (Lipinski definition) is 2. The van der Waals surface area contributed by atoms with Gasteiger partial charge in [0.05, 0.1) is 11.5 Å². The Hall–Kier alpha value is -1.54. The summed E-state index contributed by atoms with van der Waals surface area (Å²) < 4.78 is 33.8. The first kappa shape index (κ1) is 21.7. The standard InChI is InChI=1S/C22H24BrClN2O3S/c23-10-1-11-29-17-4-6-18(7-5-17)30(27,28)25-14-15-2-8-21-19(12-15)20-13-16(24)3-9-22(20)26-21/h3-7,9,13,15,25-26H,1-2,8,10-12,14H2. The van der Waals surface area contributed by atoms with Gasteiger partial charge >= 0.3 is 0 Å². The first-order valence-electron chi connectivity index (χ1n) is 10.0. The maximum atomic E-state index is 12.7. The normalized spacial score (nSPS) is 16.5. The molecule has 1 aromatic heterocycles. The van der Waals surface area contributed by atoms with Gasteiger partial charge in [-0.3, -0.25) is 0 Å². The highest BCUT2D eigenvalue weighted by Gasteiger charge is 2.24. The molecule has 1 atom stereocenters. The smallest absolute Gasteiger partial charge is 0.240 e. The van der Waals surface area contributed by atoms with E-state index in [2.05, 4.69) is 25.6 Å². The second-order valence-corrected chi connectivity index (χ2v) is 10.6. The number of aromatic amines is 1. The predicted octanol–water partition coefficient (Wildman–Crippen LogP) is 5.07. The topological polar surface area (TPSA) is 71.2 Å². The van der Waals surface area contributed by atoms with Crippen LogP contribution in [0.3, 0.4) is 0 Å². The van der Waals surface area contributed by atoms with Crippen LogP contribution in [-0.2, 0) is 22.9 Å². The van der Waals surface area contributed by atoms with Crippen molar-refractivity contribution in [3.63, 3.8) is 0 Å². The number of hydrogen-bond acceptors (Lipinski definition) is 3. The average molecular weight is 512 g/mol. The molecule has 2 aromatic carbocycles. The first-order valence-corrected chi connectivity index (χ1v) is 13.0. The zero-order valence-corrected chi connectivity index (χ0v) is 19.6. The van der Waals surface area contributed by atoms with E-state index in [1.54, 1.807) is 24.3 Å². The van der Waals surface area contributed by atoms with Gasteiger partial charge in [0, 0.05) is 33.5 Å². The number of fused-ring (bicyclic) bond motifs is 3. The van der Waals surface area contributed by atoms with Crippen LogP contribution >= 0.6 is 27.5 Å². The quantitative estimate of drug-likeness (QED) is 0.328. The summed E-state index contributed by atoms with van der Waals surface area (Å²) in [5.41, 5.74) is 3.58. The van der Waals surface area contributed by atoms with Crippen molar-refractivity contribution in [3.05, 3.63) is 58.7 Å². The lowest BCUT2D eigenvalue weighted by molar-refractivity contribution is 0.319. The third-order valence-corrected chi connectivity index (χ3v) is 7.73. The summed E-state index contributed by atoms with van der Waals surface area (Å²) in [4.78, 5) is 3.73. The maximum Gasteiger partial charge on any atom is 0.240 e. The number of sulfonamides is 1. The lowest BCUT2D eigenvalue weighted by Crippen LogP contribution is -2.32. The molecule has 30 heavy (non-hydrogen) atoms. The summed E-state index contributed by atoms with van der Waals surface area (Å²) in [5.74, 6) is 0.921. The van der Waals surface area contributed by atoms with Crippen molar-refractivity contribution in [2.45, 2.75) is 30.6 Å². The van der Waals surface area contributed by atoms with E-state index in [1.165, 1.54) is 11.3 Å². The summed E-state index contributed by atoms with van der Waals surface area (Å²) in [5, 5.41) is 2.73. The Morgan fingerprint density at radius 3 is 2.77 bits per heavy atom. The minimum absolute atomic E-state index is 0.247. The molecule has 0 bridgehead atoms. The molecule has 0 radical (unpaired) electrons. The molecule has 1 heterocycles. The van der Waals surface area contributed by atoms with Gasteiger partial charge in [-0.25, -0.2) is 13.1 Å². The number of aromatic nitrogens is 1. The van der Waals surface area contributed by atoms with Crippen LogP contribution in [0.1, 0.15) is 24.1 Å². The average Bonchev–Trinajstić information content (AvgIpc) is 3.10. The van der Waals surface area contributed by atoms with Crippen molar-refractivity contribution < 1.29 is 13.2 Å². The highest BCUT2D eigenvalue weighted by molar-refractivity contribution is 9.09. The van der Waals surface area contributed by atoms with Crippen LogP contribution in [0.25, 0.3) is 10.9 Å². The zero-order chi connectivity index (χ0) is 21.1. The Labute approximate surface area is 190 Å². The maximum absolute atomic E-state index is 12.7. The minimum atomic E-state index is -3.56.